The van der Waals surface area contributed by atoms with Gasteiger partial charge in [-0.2, -0.15) is 0 Å². The summed E-state index contributed by atoms with van der Waals surface area (Å²) in [6.45, 7) is 16.1. The molecule has 0 fully saturated rings. The maximum absolute atomic E-state index is 4.00. The molecule has 1 N–H and O–H groups in total. The van der Waals surface area contributed by atoms with Gasteiger partial charge in [0.25, 0.3) is 0 Å². The van der Waals surface area contributed by atoms with Crippen LogP contribution in [0.15, 0.2) is 30.5 Å². The fourth-order valence-electron chi connectivity index (χ4n) is 2.17. The minimum atomic E-state index is 0.960. The van der Waals surface area contributed by atoms with Crippen LogP contribution in [0, 0.1) is 6.92 Å². The van der Waals surface area contributed by atoms with Crippen molar-refractivity contribution in [3.63, 3.8) is 0 Å². The summed E-state index contributed by atoms with van der Waals surface area (Å²) in [6.07, 6.45) is 2.17. The maximum atomic E-state index is 4.00. The molecule has 0 aliphatic heterocycles. The van der Waals surface area contributed by atoms with E-state index < -0.39 is 0 Å². The minimum Gasteiger partial charge on any atom is -0.359 e. The Balaban J connectivity index is 2.73. The molecule has 2 heteroatoms. The number of anilines is 1. The standard InChI is InChI=1S/C17H28N2/c1-6-11-19(8-3)13-16-9-10-17(14(4)12-16)18-15(5)7-2/h9-10,12,18H,5-8,11,13H2,1-4H3. The molecule has 0 saturated heterocycles. The molecule has 0 unspecified atom stereocenters. The highest BCUT2D eigenvalue weighted by Gasteiger charge is 2.05. The zero-order valence-corrected chi connectivity index (χ0v) is 12.9. The van der Waals surface area contributed by atoms with Gasteiger partial charge in [-0.1, -0.05) is 39.5 Å². The molecule has 106 valence electrons. The van der Waals surface area contributed by atoms with E-state index in [2.05, 4.69) is 62.7 Å². The molecule has 0 heterocycles. The first-order chi connectivity index (χ1) is 9.10. The summed E-state index contributed by atoms with van der Waals surface area (Å²) in [6, 6.07) is 6.67. The number of hydrogen-bond acceptors (Lipinski definition) is 2. The van der Waals surface area contributed by atoms with Crippen LogP contribution in [0.3, 0.4) is 0 Å². The predicted octanol–water partition coefficient (Wildman–Crippen LogP) is 4.56. The van der Waals surface area contributed by atoms with Gasteiger partial charge in [0.15, 0.2) is 0 Å². The summed E-state index contributed by atoms with van der Waals surface area (Å²) in [7, 11) is 0. The van der Waals surface area contributed by atoms with Gasteiger partial charge in [-0.25, -0.2) is 0 Å². The average molecular weight is 260 g/mol. The Hall–Kier alpha value is -1.28. The predicted molar refractivity (Wildman–Crippen MR) is 85.5 cm³/mol. The van der Waals surface area contributed by atoms with E-state index in [9.17, 15) is 0 Å². The topological polar surface area (TPSA) is 15.3 Å². The van der Waals surface area contributed by atoms with Crippen LogP contribution < -0.4 is 5.32 Å². The van der Waals surface area contributed by atoms with Crippen LogP contribution in [-0.4, -0.2) is 18.0 Å². The Morgan fingerprint density at radius 1 is 1.26 bits per heavy atom. The number of aryl methyl sites for hydroxylation is 1. The van der Waals surface area contributed by atoms with E-state index in [1.807, 2.05) is 0 Å². The van der Waals surface area contributed by atoms with Gasteiger partial charge in [-0.05, 0) is 50.0 Å². The molecule has 0 aliphatic rings. The van der Waals surface area contributed by atoms with Crippen molar-refractivity contribution in [3.8, 4) is 0 Å². The molecule has 0 radical (unpaired) electrons. The van der Waals surface area contributed by atoms with Crippen LogP contribution in [0.5, 0.6) is 0 Å². The Morgan fingerprint density at radius 3 is 2.53 bits per heavy atom. The van der Waals surface area contributed by atoms with Crippen molar-refractivity contribution in [2.24, 2.45) is 0 Å². The van der Waals surface area contributed by atoms with E-state index in [0.717, 1.165) is 25.2 Å². The number of hydrogen-bond donors (Lipinski definition) is 1. The van der Waals surface area contributed by atoms with Crippen LogP contribution in [0.25, 0.3) is 0 Å². The highest BCUT2D eigenvalue weighted by molar-refractivity contribution is 5.55. The van der Waals surface area contributed by atoms with Gasteiger partial charge in [0.05, 0.1) is 0 Å². The molecule has 0 aliphatic carbocycles. The lowest BCUT2D eigenvalue weighted by Crippen LogP contribution is -2.23. The van der Waals surface area contributed by atoms with Gasteiger partial charge in [0.2, 0.25) is 0 Å². The smallest absolute Gasteiger partial charge is 0.0411 e. The molecule has 19 heavy (non-hydrogen) atoms. The van der Waals surface area contributed by atoms with Crippen molar-refractivity contribution < 1.29 is 0 Å². The van der Waals surface area contributed by atoms with Crippen molar-refractivity contribution >= 4 is 5.69 Å². The van der Waals surface area contributed by atoms with E-state index in [4.69, 9.17) is 0 Å². The number of nitrogens with zero attached hydrogens (tertiary/aromatic N) is 1. The first-order valence-electron chi connectivity index (χ1n) is 7.37. The highest BCUT2D eigenvalue weighted by atomic mass is 15.1. The fourth-order valence-corrected chi connectivity index (χ4v) is 2.17. The molecule has 0 amide bonds. The quantitative estimate of drug-likeness (QED) is 0.737. The second kappa shape index (κ2) is 8.00. The van der Waals surface area contributed by atoms with E-state index >= 15 is 0 Å². The Morgan fingerprint density at radius 2 is 2.00 bits per heavy atom. The van der Waals surface area contributed by atoms with Crippen molar-refractivity contribution in [1.82, 2.24) is 4.90 Å². The zero-order valence-electron chi connectivity index (χ0n) is 12.9. The van der Waals surface area contributed by atoms with Crippen LogP contribution in [-0.2, 0) is 6.54 Å². The van der Waals surface area contributed by atoms with Gasteiger partial charge in [-0.15, -0.1) is 0 Å². The number of nitrogens with one attached hydrogen (secondary N) is 1. The molecule has 0 bridgehead atoms. The molecule has 0 atom stereocenters. The van der Waals surface area contributed by atoms with E-state index in [1.165, 1.54) is 29.8 Å². The summed E-state index contributed by atoms with van der Waals surface area (Å²) in [5.74, 6) is 0. The van der Waals surface area contributed by atoms with Crippen LogP contribution in [0.1, 0.15) is 44.7 Å². The molecule has 1 aromatic rings. The first kappa shape index (κ1) is 15.8. The Labute approximate surface area is 118 Å². The fraction of sp³-hybridized carbons (Fsp3) is 0.529. The van der Waals surface area contributed by atoms with Gasteiger partial charge in [0, 0.05) is 17.9 Å². The molecule has 0 aromatic heterocycles. The van der Waals surface area contributed by atoms with Crippen LogP contribution in [0.4, 0.5) is 5.69 Å². The molecule has 0 saturated carbocycles. The van der Waals surface area contributed by atoms with Gasteiger partial charge in [-0.3, -0.25) is 4.90 Å². The number of rotatable bonds is 8. The first-order valence-corrected chi connectivity index (χ1v) is 7.37. The molecular weight excluding hydrogens is 232 g/mol. The Bertz CT molecular complexity index is 410. The molecule has 1 aromatic carbocycles. The summed E-state index contributed by atoms with van der Waals surface area (Å²) in [4.78, 5) is 2.48. The molecular formula is C17H28N2. The normalized spacial score (nSPS) is 10.8. The van der Waals surface area contributed by atoms with E-state index in [-0.39, 0.29) is 0 Å². The molecule has 2 nitrogen and oxygen atoms in total. The maximum Gasteiger partial charge on any atom is 0.0411 e. The third-order valence-electron chi connectivity index (χ3n) is 3.42. The SMILES string of the molecule is C=C(CC)Nc1ccc(CN(CC)CCC)cc1C. The van der Waals surface area contributed by atoms with Crippen molar-refractivity contribution in [2.45, 2.75) is 47.1 Å². The third kappa shape index (κ3) is 5.07. The average Bonchev–Trinajstić information content (AvgIpc) is 2.41. The second-order valence-electron chi connectivity index (χ2n) is 5.10. The van der Waals surface area contributed by atoms with Crippen LogP contribution >= 0.6 is 0 Å². The van der Waals surface area contributed by atoms with Crippen LogP contribution in [0.2, 0.25) is 0 Å². The lowest BCUT2D eigenvalue weighted by Gasteiger charge is -2.20. The van der Waals surface area contributed by atoms with Crippen molar-refractivity contribution in [2.75, 3.05) is 18.4 Å². The van der Waals surface area contributed by atoms with E-state index in [1.54, 1.807) is 0 Å². The molecule has 1 rings (SSSR count). The monoisotopic (exact) mass is 260 g/mol. The van der Waals surface area contributed by atoms with Crippen molar-refractivity contribution in [1.29, 1.82) is 0 Å². The summed E-state index contributed by atoms with van der Waals surface area (Å²) < 4.78 is 0. The number of benzene rings is 1. The second-order valence-corrected chi connectivity index (χ2v) is 5.10. The lowest BCUT2D eigenvalue weighted by molar-refractivity contribution is 0.280. The molecule has 0 spiro atoms. The largest absolute Gasteiger partial charge is 0.359 e. The zero-order chi connectivity index (χ0) is 14.3. The van der Waals surface area contributed by atoms with E-state index in [0.29, 0.717) is 0 Å². The summed E-state index contributed by atoms with van der Waals surface area (Å²) >= 11 is 0. The Kier molecular flexibility index (Phi) is 6.65. The van der Waals surface area contributed by atoms with Gasteiger partial charge in [0.1, 0.15) is 0 Å². The summed E-state index contributed by atoms with van der Waals surface area (Å²) in [5.41, 5.74) is 4.92. The lowest BCUT2D eigenvalue weighted by atomic mass is 10.1. The van der Waals surface area contributed by atoms with Crippen molar-refractivity contribution in [3.05, 3.63) is 41.6 Å². The third-order valence-corrected chi connectivity index (χ3v) is 3.42. The minimum absolute atomic E-state index is 0.960. The van der Waals surface area contributed by atoms with Gasteiger partial charge >= 0.3 is 0 Å². The number of allylic oxidation sites excluding steroid dienone is 1. The highest BCUT2D eigenvalue weighted by Crippen LogP contribution is 2.19. The van der Waals surface area contributed by atoms with Gasteiger partial charge < -0.3 is 5.32 Å². The summed E-state index contributed by atoms with van der Waals surface area (Å²) in [5, 5.41) is 3.37.